The molecule has 3 heterocycles. The van der Waals surface area contributed by atoms with E-state index in [2.05, 4.69) is 88.3 Å². The Morgan fingerprint density at radius 3 is 2.39 bits per heavy atom. The zero-order valence-electron chi connectivity index (χ0n) is 18.8. The summed E-state index contributed by atoms with van der Waals surface area (Å²) in [6.07, 6.45) is 3.92. The lowest BCUT2D eigenvalue weighted by atomic mass is 10.00. The van der Waals surface area contributed by atoms with Crippen LogP contribution in [0.4, 0.5) is 5.69 Å². The second kappa shape index (κ2) is 8.65. The predicted molar refractivity (Wildman–Crippen MR) is 139 cm³/mol. The van der Waals surface area contributed by atoms with Crippen LogP contribution in [0, 0.1) is 20.8 Å². The monoisotopic (exact) mass is 472 g/mol. The van der Waals surface area contributed by atoms with Crippen LogP contribution in [0.25, 0.3) is 5.69 Å². The molecule has 0 spiro atoms. The number of rotatable bonds is 4. The van der Waals surface area contributed by atoms with Gasteiger partial charge in [0.05, 0.1) is 11.7 Å². The van der Waals surface area contributed by atoms with E-state index in [1.54, 1.807) is 0 Å². The Morgan fingerprint density at radius 1 is 0.909 bits per heavy atom. The average Bonchev–Trinajstić information content (AvgIpc) is 3.40. The summed E-state index contributed by atoms with van der Waals surface area (Å²) in [6, 6.07) is 22.7. The molecule has 2 atom stereocenters. The Bertz CT molecular complexity index is 1310. The lowest BCUT2D eigenvalue weighted by molar-refractivity contribution is 0.549. The minimum atomic E-state index is -0.0958. The molecular formula is C27H25ClN4S. The van der Waals surface area contributed by atoms with E-state index in [1.165, 1.54) is 11.1 Å². The van der Waals surface area contributed by atoms with Gasteiger partial charge in [0.1, 0.15) is 6.04 Å². The highest BCUT2D eigenvalue weighted by Gasteiger charge is 2.42. The zero-order valence-corrected chi connectivity index (χ0v) is 20.4. The molecule has 1 aliphatic rings. The molecule has 33 heavy (non-hydrogen) atoms. The van der Waals surface area contributed by atoms with Gasteiger partial charge in [0, 0.05) is 34.5 Å². The number of aromatic nitrogens is 2. The number of nitrogens with zero attached hydrogens (tertiary/aromatic N) is 3. The van der Waals surface area contributed by atoms with Crippen LogP contribution in [0.15, 0.2) is 79.1 Å². The molecule has 5 rings (SSSR count). The number of benzene rings is 2. The van der Waals surface area contributed by atoms with Gasteiger partial charge in [0.15, 0.2) is 5.11 Å². The van der Waals surface area contributed by atoms with Crippen LogP contribution in [-0.2, 0) is 0 Å². The molecule has 0 unspecified atom stereocenters. The fourth-order valence-corrected chi connectivity index (χ4v) is 5.14. The molecule has 0 amide bonds. The summed E-state index contributed by atoms with van der Waals surface area (Å²) in [6.45, 7) is 6.26. The van der Waals surface area contributed by atoms with E-state index in [1.807, 2.05) is 31.3 Å². The van der Waals surface area contributed by atoms with E-state index in [-0.39, 0.29) is 12.1 Å². The second-order valence-corrected chi connectivity index (χ2v) is 9.37. The van der Waals surface area contributed by atoms with Gasteiger partial charge >= 0.3 is 0 Å². The summed E-state index contributed by atoms with van der Waals surface area (Å²) in [5, 5.41) is 5.01. The first-order valence-corrected chi connectivity index (χ1v) is 11.7. The molecule has 1 saturated heterocycles. The van der Waals surface area contributed by atoms with Crippen molar-refractivity contribution in [1.29, 1.82) is 0 Å². The highest BCUT2D eigenvalue weighted by molar-refractivity contribution is 7.80. The fraction of sp³-hybridized carbons (Fsp3) is 0.185. The average molecular weight is 473 g/mol. The summed E-state index contributed by atoms with van der Waals surface area (Å²) < 4.78 is 2.22. The second-order valence-electron chi connectivity index (χ2n) is 8.58. The minimum Gasteiger partial charge on any atom is -0.351 e. The van der Waals surface area contributed by atoms with Gasteiger partial charge in [-0.15, -0.1) is 0 Å². The van der Waals surface area contributed by atoms with Crippen LogP contribution in [-0.4, -0.2) is 14.7 Å². The Hall–Kier alpha value is -3.15. The topological polar surface area (TPSA) is 33.1 Å². The van der Waals surface area contributed by atoms with Crippen LogP contribution >= 0.6 is 23.8 Å². The first-order chi connectivity index (χ1) is 15.9. The lowest BCUT2D eigenvalue weighted by Gasteiger charge is -2.29. The summed E-state index contributed by atoms with van der Waals surface area (Å²) in [4.78, 5) is 6.90. The van der Waals surface area contributed by atoms with Crippen LogP contribution in [0.5, 0.6) is 0 Å². The number of hydrogen-bond acceptors (Lipinski definition) is 2. The summed E-state index contributed by atoms with van der Waals surface area (Å²) in [5.41, 5.74) is 7.67. The number of halogens is 1. The van der Waals surface area contributed by atoms with Crippen molar-refractivity contribution in [1.82, 2.24) is 14.9 Å². The zero-order chi connectivity index (χ0) is 23.1. The molecule has 2 aromatic heterocycles. The van der Waals surface area contributed by atoms with E-state index < -0.39 is 0 Å². The normalized spacial score (nSPS) is 17.9. The number of anilines is 1. The van der Waals surface area contributed by atoms with E-state index in [0.717, 1.165) is 33.3 Å². The Kier molecular flexibility index (Phi) is 5.69. The van der Waals surface area contributed by atoms with E-state index >= 15 is 0 Å². The molecule has 2 aromatic carbocycles. The van der Waals surface area contributed by atoms with Crippen molar-refractivity contribution in [2.45, 2.75) is 32.9 Å². The Morgan fingerprint density at radius 2 is 1.70 bits per heavy atom. The smallest absolute Gasteiger partial charge is 0.174 e. The maximum absolute atomic E-state index is 6.31. The first-order valence-electron chi connectivity index (χ1n) is 10.9. The van der Waals surface area contributed by atoms with Crippen molar-refractivity contribution in [3.05, 3.63) is 112 Å². The van der Waals surface area contributed by atoms with Gasteiger partial charge in [-0.2, -0.15) is 0 Å². The largest absolute Gasteiger partial charge is 0.351 e. The molecule has 0 saturated carbocycles. The van der Waals surface area contributed by atoms with Crippen molar-refractivity contribution in [3.8, 4) is 5.69 Å². The fourth-order valence-electron chi connectivity index (χ4n) is 4.67. The van der Waals surface area contributed by atoms with Gasteiger partial charge in [-0.25, -0.2) is 0 Å². The van der Waals surface area contributed by atoms with Crippen LogP contribution < -0.4 is 10.2 Å². The van der Waals surface area contributed by atoms with Gasteiger partial charge in [-0.3, -0.25) is 4.98 Å². The molecule has 1 N–H and O–H groups in total. The molecule has 166 valence electrons. The molecule has 1 aliphatic heterocycles. The molecule has 0 radical (unpaired) electrons. The molecule has 4 nitrogen and oxygen atoms in total. The van der Waals surface area contributed by atoms with Crippen LogP contribution in [0.2, 0.25) is 5.02 Å². The first kappa shape index (κ1) is 21.7. The van der Waals surface area contributed by atoms with Crippen LogP contribution in [0.3, 0.4) is 0 Å². The third-order valence-corrected chi connectivity index (χ3v) is 6.82. The Labute approximate surface area is 204 Å². The quantitative estimate of drug-likeness (QED) is 0.338. The van der Waals surface area contributed by atoms with E-state index in [0.29, 0.717) is 5.11 Å². The van der Waals surface area contributed by atoms with Crippen LogP contribution in [0.1, 0.15) is 40.2 Å². The molecular weight excluding hydrogens is 448 g/mol. The van der Waals surface area contributed by atoms with Gasteiger partial charge < -0.3 is 14.8 Å². The van der Waals surface area contributed by atoms with Crippen molar-refractivity contribution in [2.75, 3.05) is 4.90 Å². The molecule has 0 aliphatic carbocycles. The van der Waals surface area contributed by atoms with Gasteiger partial charge in [0.2, 0.25) is 0 Å². The minimum absolute atomic E-state index is 0.0837. The van der Waals surface area contributed by atoms with Crippen molar-refractivity contribution < 1.29 is 0 Å². The van der Waals surface area contributed by atoms with Gasteiger partial charge in [-0.05, 0) is 104 Å². The van der Waals surface area contributed by atoms with Crippen molar-refractivity contribution in [2.24, 2.45) is 0 Å². The van der Waals surface area contributed by atoms with E-state index in [9.17, 15) is 0 Å². The molecule has 6 heteroatoms. The third-order valence-electron chi connectivity index (χ3n) is 6.09. The Balaban J connectivity index is 1.69. The number of pyridine rings is 1. The lowest BCUT2D eigenvalue weighted by Crippen LogP contribution is -2.30. The van der Waals surface area contributed by atoms with E-state index in [4.69, 9.17) is 23.8 Å². The summed E-state index contributed by atoms with van der Waals surface area (Å²) in [5.74, 6) is 0. The maximum atomic E-state index is 6.31. The van der Waals surface area contributed by atoms with Gasteiger partial charge in [-0.1, -0.05) is 23.7 Å². The molecule has 4 aromatic rings. The number of nitrogens with one attached hydrogen (secondary N) is 1. The van der Waals surface area contributed by atoms with Gasteiger partial charge in [0.25, 0.3) is 0 Å². The molecule has 1 fully saturated rings. The molecule has 0 bridgehead atoms. The highest BCUT2D eigenvalue weighted by Crippen LogP contribution is 2.42. The predicted octanol–water partition coefficient (Wildman–Crippen LogP) is 6.63. The number of hydrogen-bond donors (Lipinski definition) is 1. The summed E-state index contributed by atoms with van der Waals surface area (Å²) in [7, 11) is 0. The summed E-state index contributed by atoms with van der Waals surface area (Å²) >= 11 is 12.2. The van der Waals surface area contributed by atoms with Crippen molar-refractivity contribution >= 4 is 34.6 Å². The SMILES string of the molecule is Cc1cc(C)cc(N2C(=S)N[C@@H](c3ccccn3)[C@H]2c2cccn2-c2ccc(Cl)c(C)c2)c1. The number of thiocarbonyl (C=S) groups is 1. The maximum Gasteiger partial charge on any atom is 0.174 e. The highest BCUT2D eigenvalue weighted by atomic mass is 35.5. The third kappa shape index (κ3) is 4.03. The van der Waals surface area contributed by atoms with Crippen molar-refractivity contribution in [3.63, 3.8) is 0 Å². The standard InChI is InChI=1S/C27H25ClN4S/c1-17-13-18(2)15-21(14-17)32-26(25(30-27(32)33)23-7-4-5-11-29-23)24-8-6-12-31(24)20-9-10-22(28)19(3)16-20/h4-16,25-26H,1-3H3,(H,30,33)/t25-,26+/m0/s1. The number of aryl methyl sites for hydroxylation is 3.